The van der Waals surface area contributed by atoms with E-state index in [0.29, 0.717) is 59.5 Å². The molecule has 0 radical (unpaired) electrons. The van der Waals surface area contributed by atoms with Gasteiger partial charge in [0.05, 0.1) is 42.7 Å². The van der Waals surface area contributed by atoms with Crippen LogP contribution < -0.4 is 19.5 Å². The van der Waals surface area contributed by atoms with Gasteiger partial charge in [0.1, 0.15) is 29.3 Å². The van der Waals surface area contributed by atoms with E-state index in [1.165, 1.54) is 0 Å². The Kier molecular flexibility index (Phi) is 9.58. The number of hydrogen-bond donors (Lipinski definition) is 3. The van der Waals surface area contributed by atoms with Gasteiger partial charge in [0.25, 0.3) is 5.91 Å². The van der Waals surface area contributed by atoms with Crippen molar-refractivity contribution in [3.8, 4) is 22.9 Å². The van der Waals surface area contributed by atoms with Crippen molar-refractivity contribution in [2.45, 2.75) is 62.7 Å². The van der Waals surface area contributed by atoms with Crippen LogP contribution in [0, 0.1) is 18.8 Å². The first-order chi connectivity index (χ1) is 23.1. The number of sulfonamides is 1. The summed E-state index contributed by atoms with van der Waals surface area (Å²) in [6.45, 7) is 1.74. The number of fused-ring (bicyclic) bond motifs is 2. The van der Waals surface area contributed by atoms with Crippen molar-refractivity contribution < 1.29 is 41.7 Å². The van der Waals surface area contributed by atoms with Crippen LogP contribution in [0.15, 0.2) is 42.5 Å². The van der Waals surface area contributed by atoms with Crippen LogP contribution >= 0.6 is 0 Å². The maximum atomic E-state index is 13.8. The standard InChI is InChI=1S/C33H39N5O9S/c1-20-15-28(37-36-20)27-17-29(25-11-8-23(44-2)16-26(25)34-27)45-14-12-21-19-47-32(41)46-13-6-4-3-5-7-22-18-33(22,35-30(21)39)31(40)38-48(42,43)24-9-10-24/h5,7-8,11,15-17,21-22,24H,3-4,6,9-10,12-14,18-19H2,1-2H3,(H,35,39)(H,36,37)(H,38,40)/b7-5-/t21-,22-,33-/m1/s1. The van der Waals surface area contributed by atoms with Crippen molar-refractivity contribution in [3.05, 3.63) is 48.2 Å². The van der Waals surface area contributed by atoms with E-state index >= 15 is 0 Å². The number of aryl methyl sites for hydroxylation is 1. The molecule has 2 aromatic heterocycles. The summed E-state index contributed by atoms with van der Waals surface area (Å²) in [7, 11) is -2.28. The molecule has 3 atom stereocenters. The number of amides is 2. The molecule has 6 rings (SSSR count). The number of cyclic esters (lactones) is 2. The third kappa shape index (κ3) is 7.56. The molecule has 3 heterocycles. The molecule has 15 heteroatoms. The summed E-state index contributed by atoms with van der Waals surface area (Å²) >= 11 is 0. The van der Waals surface area contributed by atoms with E-state index in [1.54, 1.807) is 25.3 Å². The molecule has 0 saturated heterocycles. The number of benzene rings is 1. The van der Waals surface area contributed by atoms with Crippen LogP contribution in [-0.4, -0.2) is 79.3 Å². The average Bonchev–Trinajstić information content (AvgIpc) is 3.98. The third-order valence-corrected chi connectivity index (χ3v) is 10.6. The monoisotopic (exact) mass is 681 g/mol. The Hall–Kier alpha value is -4.66. The van der Waals surface area contributed by atoms with Crippen LogP contribution in [0.2, 0.25) is 0 Å². The Morgan fingerprint density at radius 1 is 1.12 bits per heavy atom. The van der Waals surface area contributed by atoms with E-state index in [4.69, 9.17) is 23.9 Å². The van der Waals surface area contributed by atoms with Crippen LogP contribution in [0.3, 0.4) is 0 Å². The zero-order chi connectivity index (χ0) is 33.9. The molecule has 1 aliphatic heterocycles. The predicted molar refractivity (Wildman–Crippen MR) is 174 cm³/mol. The van der Waals surface area contributed by atoms with Crippen LogP contribution in [0.4, 0.5) is 4.79 Å². The van der Waals surface area contributed by atoms with Gasteiger partial charge in [0.2, 0.25) is 15.9 Å². The summed E-state index contributed by atoms with van der Waals surface area (Å²) in [5.74, 6) is -1.57. The number of pyridine rings is 1. The number of hydrogen-bond acceptors (Lipinski definition) is 11. The summed E-state index contributed by atoms with van der Waals surface area (Å²) in [4.78, 5) is 44.3. The molecule has 3 aromatic rings. The minimum absolute atomic E-state index is 0.0270. The number of ether oxygens (including phenoxy) is 4. The van der Waals surface area contributed by atoms with Crippen molar-refractivity contribution in [2.75, 3.05) is 26.9 Å². The van der Waals surface area contributed by atoms with Crippen LogP contribution in [0.1, 0.15) is 50.6 Å². The number of allylic oxidation sites excluding steroid dienone is 1. The summed E-state index contributed by atoms with van der Waals surface area (Å²) in [5.41, 5.74) is 1.22. The summed E-state index contributed by atoms with van der Waals surface area (Å²) in [6, 6.07) is 9.02. The summed E-state index contributed by atoms with van der Waals surface area (Å²) in [5, 5.41) is 10.2. The maximum absolute atomic E-state index is 13.8. The fraction of sp³-hybridized carbons (Fsp3) is 0.485. The second-order valence-electron chi connectivity index (χ2n) is 12.4. The van der Waals surface area contributed by atoms with Gasteiger partial charge in [-0.25, -0.2) is 18.2 Å². The average molecular weight is 682 g/mol. The van der Waals surface area contributed by atoms with Gasteiger partial charge in [0.15, 0.2) is 0 Å². The van der Waals surface area contributed by atoms with Gasteiger partial charge in [-0.05, 0) is 70.1 Å². The molecule has 0 unspecified atom stereocenters. The van der Waals surface area contributed by atoms with Crippen LogP contribution in [0.5, 0.6) is 11.5 Å². The Bertz CT molecular complexity index is 1840. The minimum atomic E-state index is -3.84. The molecule has 2 fully saturated rings. The third-order valence-electron chi connectivity index (χ3n) is 8.76. The van der Waals surface area contributed by atoms with E-state index in [9.17, 15) is 22.8 Å². The van der Waals surface area contributed by atoms with E-state index in [-0.39, 0.29) is 38.6 Å². The maximum Gasteiger partial charge on any atom is 0.508 e. The molecule has 3 N–H and O–H groups in total. The lowest BCUT2D eigenvalue weighted by Crippen LogP contribution is -2.54. The molecule has 2 amide bonds. The number of aromatic amines is 1. The predicted octanol–water partition coefficient (Wildman–Crippen LogP) is 3.70. The highest BCUT2D eigenvalue weighted by molar-refractivity contribution is 7.91. The van der Waals surface area contributed by atoms with Crippen LogP contribution in [-0.2, 0) is 29.1 Å². The topological polar surface area (TPSA) is 188 Å². The van der Waals surface area contributed by atoms with Crippen molar-refractivity contribution in [3.63, 3.8) is 0 Å². The molecular weight excluding hydrogens is 642 g/mol. The number of aromatic nitrogens is 3. The van der Waals surface area contributed by atoms with Crippen molar-refractivity contribution in [1.29, 1.82) is 0 Å². The molecule has 3 aliphatic rings. The number of nitrogens with one attached hydrogen (secondary N) is 3. The van der Waals surface area contributed by atoms with Gasteiger partial charge in [-0.15, -0.1) is 0 Å². The second-order valence-corrected chi connectivity index (χ2v) is 14.4. The second kappa shape index (κ2) is 13.8. The Labute approximate surface area is 278 Å². The van der Waals surface area contributed by atoms with Crippen molar-refractivity contribution >= 4 is 38.9 Å². The van der Waals surface area contributed by atoms with Gasteiger partial charge in [-0.2, -0.15) is 5.10 Å². The number of methoxy groups -OCH3 is 1. The fourth-order valence-electron chi connectivity index (χ4n) is 5.68. The van der Waals surface area contributed by atoms with Crippen LogP contribution in [0.25, 0.3) is 22.3 Å². The lowest BCUT2D eigenvalue weighted by molar-refractivity contribution is -0.133. The van der Waals surface area contributed by atoms with Gasteiger partial charge in [0, 0.05) is 29.1 Å². The fourth-order valence-corrected chi connectivity index (χ4v) is 7.04. The van der Waals surface area contributed by atoms with E-state index in [0.717, 1.165) is 12.1 Å². The molecule has 48 heavy (non-hydrogen) atoms. The molecule has 0 bridgehead atoms. The highest BCUT2D eigenvalue weighted by Crippen LogP contribution is 2.46. The Morgan fingerprint density at radius 3 is 2.71 bits per heavy atom. The van der Waals surface area contributed by atoms with E-state index < -0.39 is 44.7 Å². The Morgan fingerprint density at radius 2 is 1.96 bits per heavy atom. The minimum Gasteiger partial charge on any atom is -0.497 e. The van der Waals surface area contributed by atoms with Crippen molar-refractivity contribution in [1.82, 2.24) is 25.2 Å². The summed E-state index contributed by atoms with van der Waals surface area (Å²) < 4.78 is 49.6. The molecule has 2 saturated carbocycles. The first-order valence-electron chi connectivity index (χ1n) is 16.1. The number of nitrogens with zero attached hydrogens (tertiary/aromatic N) is 2. The quantitative estimate of drug-likeness (QED) is 0.221. The van der Waals surface area contributed by atoms with Gasteiger partial charge in [-0.1, -0.05) is 12.2 Å². The highest BCUT2D eigenvalue weighted by atomic mass is 32.2. The number of rotatable bonds is 9. The van der Waals surface area contributed by atoms with Gasteiger partial charge < -0.3 is 24.3 Å². The van der Waals surface area contributed by atoms with Gasteiger partial charge >= 0.3 is 6.16 Å². The molecule has 256 valence electrons. The molecule has 1 aromatic carbocycles. The molecule has 2 aliphatic carbocycles. The molecular formula is C33H39N5O9S. The Balaban J connectivity index is 1.23. The number of carbonyl (C=O) groups excluding carboxylic acids is 3. The van der Waals surface area contributed by atoms with Crippen molar-refractivity contribution in [2.24, 2.45) is 11.8 Å². The smallest absolute Gasteiger partial charge is 0.497 e. The molecule has 14 nitrogen and oxygen atoms in total. The highest BCUT2D eigenvalue weighted by Gasteiger charge is 2.61. The largest absolute Gasteiger partial charge is 0.508 e. The molecule has 0 spiro atoms. The summed E-state index contributed by atoms with van der Waals surface area (Å²) in [6.07, 6.45) is 6.16. The first kappa shape index (κ1) is 33.2. The zero-order valence-electron chi connectivity index (χ0n) is 26.8. The SMILES string of the molecule is COc1ccc2c(OCC[C@@H]3COC(=O)OCCCC/C=C\[C@@H]4C[C@@]4(C(=O)NS(=O)(=O)C4CC4)NC3=O)cc(-c3cc(C)[nH]n3)nc2c1. The lowest BCUT2D eigenvalue weighted by Gasteiger charge is -2.23. The number of H-pyrrole nitrogens is 1. The van der Waals surface area contributed by atoms with E-state index in [2.05, 4.69) is 20.2 Å². The van der Waals surface area contributed by atoms with E-state index in [1.807, 2.05) is 31.2 Å². The normalized spacial score (nSPS) is 24.1. The zero-order valence-corrected chi connectivity index (χ0v) is 27.6. The van der Waals surface area contributed by atoms with Gasteiger partial charge in [-0.3, -0.25) is 19.4 Å². The first-order valence-corrected chi connectivity index (χ1v) is 17.6. The number of carbonyl (C=O) groups is 3. The lowest BCUT2D eigenvalue weighted by atomic mass is 10.0.